The number of hydrogen-bond donors (Lipinski definition) is 0. The number of hydrogen-bond acceptors (Lipinski definition) is 2. The van der Waals surface area contributed by atoms with Crippen LogP contribution in [0.1, 0.15) is 0 Å². The molecule has 0 aromatic carbocycles. The van der Waals surface area contributed by atoms with Gasteiger partial charge >= 0.3 is 5.95 Å². The first-order valence-electron chi connectivity index (χ1n) is 3.74. The molecule has 2 aromatic rings. The van der Waals surface area contributed by atoms with Gasteiger partial charge < -0.3 is 4.85 Å². The minimum atomic E-state index is 0.332. The predicted molar refractivity (Wildman–Crippen MR) is 47.6 cm³/mol. The molecule has 2 heterocycles. The Balaban J connectivity index is 2.54. The molecule has 62 valence electrons. The van der Waals surface area contributed by atoms with E-state index in [1.807, 2.05) is 18.2 Å². The fourth-order valence-electron chi connectivity index (χ4n) is 1.05. The maximum Gasteiger partial charge on any atom is 0.344 e. The molecule has 0 N–H and O–H groups in total. The monoisotopic (exact) mass is 170 g/mol. The van der Waals surface area contributed by atoms with E-state index in [0.717, 1.165) is 0 Å². The highest BCUT2D eigenvalue weighted by Crippen LogP contribution is 2.13. The van der Waals surface area contributed by atoms with Gasteiger partial charge in [-0.15, -0.1) is 6.57 Å². The minimum absolute atomic E-state index is 0.332. The first-order chi connectivity index (χ1) is 6.42. The van der Waals surface area contributed by atoms with E-state index in [4.69, 9.17) is 6.57 Å². The molecule has 2 rings (SSSR count). The average molecular weight is 170 g/mol. The van der Waals surface area contributed by atoms with Gasteiger partial charge in [0.05, 0.1) is 6.20 Å². The van der Waals surface area contributed by atoms with E-state index in [1.165, 1.54) is 0 Å². The lowest BCUT2D eigenvalue weighted by Gasteiger charge is -1.98. The quantitative estimate of drug-likeness (QED) is 0.612. The summed E-state index contributed by atoms with van der Waals surface area (Å²) in [4.78, 5) is 11.3. The van der Waals surface area contributed by atoms with Crippen LogP contribution in [0.4, 0.5) is 5.95 Å². The van der Waals surface area contributed by atoms with Crippen molar-refractivity contribution < 1.29 is 0 Å². The third-order valence-corrected chi connectivity index (χ3v) is 1.62. The minimum Gasteiger partial charge on any atom is -0.396 e. The zero-order valence-electron chi connectivity index (χ0n) is 6.75. The second-order valence-electron chi connectivity index (χ2n) is 2.40. The van der Waals surface area contributed by atoms with Crippen molar-refractivity contribution in [3.8, 4) is 5.82 Å². The summed E-state index contributed by atoms with van der Waals surface area (Å²) in [6, 6.07) is 5.53. The summed E-state index contributed by atoms with van der Waals surface area (Å²) in [6.07, 6.45) is 4.99. The molecule has 0 saturated carbocycles. The van der Waals surface area contributed by atoms with Crippen LogP contribution in [-0.2, 0) is 0 Å². The lowest BCUT2D eigenvalue weighted by Crippen LogP contribution is -1.93. The molecule has 0 radical (unpaired) electrons. The molecule has 4 nitrogen and oxygen atoms in total. The molecule has 4 heteroatoms. The van der Waals surface area contributed by atoms with Gasteiger partial charge in [0.15, 0.2) is 5.82 Å². The normalized spacial score (nSPS) is 9.46. The van der Waals surface area contributed by atoms with Crippen LogP contribution >= 0.6 is 0 Å². The highest BCUT2D eigenvalue weighted by atomic mass is 15.2. The number of nitrogens with zero attached hydrogens (tertiary/aromatic N) is 4. The Morgan fingerprint density at radius 2 is 2.15 bits per heavy atom. The Hall–Kier alpha value is -2.15. The van der Waals surface area contributed by atoms with Crippen molar-refractivity contribution in [1.82, 2.24) is 14.5 Å². The molecule has 2 aromatic heterocycles. The summed E-state index contributed by atoms with van der Waals surface area (Å²) in [5.41, 5.74) is 0. The number of pyridine rings is 1. The Labute approximate surface area is 75.3 Å². The standard InChI is InChI=1S/C9H6N4/c1-10-9-12-6-7-13(9)8-4-2-3-5-11-8/h2-7H. The van der Waals surface area contributed by atoms with E-state index in [2.05, 4.69) is 14.8 Å². The van der Waals surface area contributed by atoms with Crippen molar-refractivity contribution in [2.75, 3.05) is 0 Å². The summed E-state index contributed by atoms with van der Waals surface area (Å²) in [6.45, 7) is 6.86. The first-order valence-corrected chi connectivity index (χ1v) is 3.74. The molecular weight excluding hydrogens is 164 g/mol. The van der Waals surface area contributed by atoms with Gasteiger partial charge in [-0.05, 0) is 12.1 Å². The Kier molecular flexibility index (Phi) is 1.77. The van der Waals surface area contributed by atoms with Crippen LogP contribution in [0.25, 0.3) is 10.7 Å². The molecular formula is C9H6N4. The smallest absolute Gasteiger partial charge is 0.344 e. The summed E-state index contributed by atoms with van der Waals surface area (Å²) < 4.78 is 1.65. The van der Waals surface area contributed by atoms with E-state index in [0.29, 0.717) is 11.8 Å². The molecule has 0 spiro atoms. The number of rotatable bonds is 1. The second kappa shape index (κ2) is 3.07. The maximum atomic E-state index is 6.86. The van der Waals surface area contributed by atoms with Crippen molar-refractivity contribution in [3.63, 3.8) is 0 Å². The molecule has 0 aliphatic rings. The van der Waals surface area contributed by atoms with Crippen molar-refractivity contribution in [1.29, 1.82) is 0 Å². The lowest BCUT2D eigenvalue weighted by atomic mass is 10.4. The van der Waals surface area contributed by atoms with E-state index in [-0.39, 0.29) is 0 Å². The van der Waals surface area contributed by atoms with Gasteiger partial charge in [0, 0.05) is 6.20 Å². The molecule has 13 heavy (non-hydrogen) atoms. The SMILES string of the molecule is [C-]#[N+]c1nccn1-c1ccccn1. The Morgan fingerprint density at radius 3 is 2.85 bits per heavy atom. The van der Waals surface area contributed by atoms with Crippen LogP contribution in [0.2, 0.25) is 0 Å². The van der Waals surface area contributed by atoms with E-state index < -0.39 is 0 Å². The summed E-state index contributed by atoms with van der Waals surface area (Å²) in [5.74, 6) is 1.05. The molecule has 0 aliphatic carbocycles. The fraction of sp³-hybridized carbons (Fsp3) is 0. The van der Waals surface area contributed by atoms with Crippen LogP contribution in [0.5, 0.6) is 0 Å². The third-order valence-electron chi connectivity index (χ3n) is 1.62. The van der Waals surface area contributed by atoms with Crippen LogP contribution < -0.4 is 0 Å². The van der Waals surface area contributed by atoms with Gasteiger partial charge in [-0.3, -0.25) is 0 Å². The van der Waals surface area contributed by atoms with E-state index in [9.17, 15) is 0 Å². The van der Waals surface area contributed by atoms with Crippen molar-refractivity contribution in [2.24, 2.45) is 0 Å². The van der Waals surface area contributed by atoms with E-state index >= 15 is 0 Å². The topological polar surface area (TPSA) is 35.1 Å². The largest absolute Gasteiger partial charge is 0.396 e. The van der Waals surface area contributed by atoms with Gasteiger partial charge in [-0.2, -0.15) is 4.98 Å². The van der Waals surface area contributed by atoms with Crippen LogP contribution in [0.3, 0.4) is 0 Å². The average Bonchev–Trinajstić information content (AvgIpc) is 2.67. The van der Waals surface area contributed by atoms with Gasteiger partial charge in [0.25, 0.3) is 0 Å². The first kappa shape index (κ1) is 7.50. The zero-order chi connectivity index (χ0) is 9.10. The molecule has 0 bridgehead atoms. The van der Waals surface area contributed by atoms with Crippen LogP contribution in [0, 0.1) is 6.57 Å². The summed E-state index contributed by atoms with van der Waals surface area (Å²) in [5, 5.41) is 0. The molecule has 0 saturated heterocycles. The predicted octanol–water partition coefficient (Wildman–Crippen LogP) is 1.82. The van der Waals surface area contributed by atoms with E-state index in [1.54, 1.807) is 23.2 Å². The van der Waals surface area contributed by atoms with Gasteiger partial charge in [0.1, 0.15) is 6.20 Å². The van der Waals surface area contributed by atoms with Crippen molar-refractivity contribution in [2.45, 2.75) is 0 Å². The molecule has 0 aliphatic heterocycles. The van der Waals surface area contributed by atoms with Crippen molar-refractivity contribution in [3.05, 3.63) is 48.2 Å². The Morgan fingerprint density at radius 1 is 1.23 bits per heavy atom. The van der Waals surface area contributed by atoms with Crippen LogP contribution in [0.15, 0.2) is 36.8 Å². The molecule has 0 fully saturated rings. The Bertz CT molecular complexity index is 438. The summed E-state index contributed by atoms with van der Waals surface area (Å²) >= 11 is 0. The number of aromatic nitrogens is 3. The van der Waals surface area contributed by atoms with Gasteiger partial charge in [0.2, 0.25) is 0 Å². The highest BCUT2D eigenvalue weighted by molar-refractivity contribution is 5.37. The van der Waals surface area contributed by atoms with Gasteiger partial charge in [-0.1, -0.05) is 6.07 Å². The maximum absolute atomic E-state index is 6.86. The fourth-order valence-corrected chi connectivity index (χ4v) is 1.05. The third kappa shape index (κ3) is 1.27. The lowest BCUT2D eigenvalue weighted by molar-refractivity contribution is 1.01. The zero-order valence-corrected chi connectivity index (χ0v) is 6.75. The highest BCUT2D eigenvalue weighted by Gasteiger charge is 2.05. The molecule has 0 atom stereocenters. The van der Waals surface area contributed by atoms with Gasteiger partial charge in [-0.25, -0.2) is 9.55 Å². The second-order valence-corrected chi connectivity index (χ2v) is 2.40. The molecule has 0 unspecified atom stereocenters. The molecule has 0 amide bonds. The van der Waals surface area contributed by atoms with Crippen LogP contribution in [-0.4, -0.2) is 14.5 Å². The number of imidazole rings is 1. The van der Waals surface area contributed by atoms with Crippen molar-refractivity contribution >= 4 is 5.95 Å². The summed E-state index contributed by atoms with van der Waals surface area (Å²) in [7, 11) is 0.